The van der Waals surface area contributed by atoms with Crippen molar-refractivity contribution in [2.45, 2.75) is 23.6 Å². The van der Waals surface area contributed by atoms with Gasteiger partial charge in [-0.3, -0.25) is 20.2 Å². The van der Waals surface area contributed by atoms with Crippen LogP contribution in [-0.2, 0) is 6.42 Å². The zero-order valence-corrected chi connectivity index (χ0v) is 14.7. The molecule has 2 aromatic carbocycles. The van der Waals surface area contributed by atoms with Crippen molar-refractivity contribution in [2.24, 2.45) is 0 Å². The van der Waals surface area contributed by atoms with E-state index in [2.05, 4.69) is 6.58 Å². The first-order valence-corrected chi connectivity index (χ1v) is 8.33. The molecule has 8 nitrogen and oxygen atoms in total. The van der Waals surface area contributed by atoms with Crippen molar-refractivity contribution in [1.29, 1.82) is 0 Å². The third-order valence-electron chi connectivity index (χ3n) is 4.44. The molecule has 3 atom stereocenters. The maximum absolute atomic E-state index is 11.8. The first-order valence-electron chi connectivity index (χ1n) is 7.95. The summed E-state index contributed by atoms with van der Waals surface area (Å²) in [6, 6.07) is 10.1. The van der Waals surface area contributed by atoms with E-state index in [0.717, 1.165) is 6.07 Å². The van der Waals surface area contributed by atoms with Crippen LogP contribution < -0.4 is 4.74 Å². The minimum atomic E-state index is -2.45. The van der Waals surface area contributed by atoms with E-state index >= 15 is 0 Å². The number of ether oxygens (including phenoxy) is 1. The average Bonchev–Trinajstić information content (AvgIpc) is 2.65. The molecule has 0 aliphatic carbocycles. The van der Waals surface area contributed by atoms with Crippen molar-refractivity contribution in [1.82, 2.24) is 0 Å². The molecule has 1 N–H and O–H groups in total. The van der Waals surface area contributed by atoms with Crippen LogP contribution in [0.3, 0.4) is 0 Å². The fourth-order valence-corrected chi connectivity index (χ4v) is 3.43. The van der Waals surface area contributed by atoms with Gasteiger partial charge in [-0.2, -0.15) is 0 Å². The summed E-state index contributed by atoms with van der Waals surface area (Å²) in [4.78, 5) is 19.0. The lowest BCUT2D eigenvalue weighted by Crippen LogP contribution is -2.49. The molecule has 0 unspecified atom stereocenters. The Kier molecular flexibility index (Phi) is 4.86. The molecule has 0 saturated heterocycles. The summed E-state index contributed by atoms with van der Waals surface area (Å²) in [5.74, 6) is 0.263. The largest absolute Gasteiger partial charge is 0.476 e. The molecule has 0 amide bonds. The molecule has 1 aliphatic heterocycles. The van der Waals surface area contributed by atoms with Gasteiger partial charge in [-0.15, -0.1) is 6.58 Å². The Labute approximate surface area is 158 Å². The normalized spacial score (nSPS) is 23.8. The summed E-state index contributed by atoms with van der Waals surface area (Å²) in [6.07, 6.45) is -1.09. The van der Waals surface area contributed by atoms with Gasteiger partial charge in [0.25, 0.3) is 5.69 Å². The lowest BCUT2D eigenvalue weighted by molar-refractivity contribution is -0.570. The molecule has 0 fully saturated rings. The van der Waals surface area contributed by atoms with Gasteiger partial charge in [-0.05, 0) is 23.6 Å². The third kappa shape index (κ3) is 3.02. The van der Waals surface area contributed by atoms with Crippen LogP contribution in [0.5, 0.6) is 5.75 Å². The number of halogens is 1. The number of benzene rings is 2. The Morgan fingerprint density at radius 2 is 1.96 bits per heavy atom. The molecule has 1 heterocycles. The number of fused-ring (bicyclic) bond motifs is 1. The molecule has 27 heavy (non-hydrogen) atoms. The zero-order valence-electron chi connectivity index (χ0n) is 13.9. The van der Waals surface area contributed by atoms with Crippen molar-refractivity contribution in [3.05, 3.63) is 92.0 Å². The molecular formula is C18H15ClN2O6. The minimum absolute atomic E-state index is 0.119. The third-order valence-corrected chi connectivity index (χ3v) is 4.98. The molecule has 0 saturated carbocycles. The van der Waals surface area contributed by atoms with E-state index < -0.39 is 27.1 Å². The van der Waals surface area contributed by atoms with Gasteiger partial charge < -0.3 is 9.84 Å². The summed E-state index contributed by atoms with van der Waals surface area (Å²) in [5, 5.41) is 33.6. The van der Waals surface area contributed by atoms with E-state index in [-0.39, 0.29) is 22.6 Å². The smallest absolute Gasteiger partial charge is 0.364 e. The van der Waals surface area contributed by atoms with Crippen LogP contribution in [0.25, 0.3) is 0 Å². The fraction of sp³-hybridized carbons (Fsp3) is 0.222. The molecule has 2 aromatic rings. The number of allylic oxidation sites excluding steroid dienone is 1. The number of aliphatic hydroxyl groups is 1. The van der Waals surface area contributed by atoms with Gasteiger partial charge in [0, 0.05) is 23.3 Å². The van der Waals surface area contributed by atoms with E-state index in [1.807, 2.05) is 0 Å². The van der Waals surface area contributed by atoms with E-state index in [4.69, 9.17) is 16.3 Å². The van der Waals surface area contributed by atoms with Crippen LogP contribution >= 0.6 is 11.6 Å². The van der Waals surface area contributed by atoms with E-state index in [1.165, 1.54) is 24.3 Å². The van der Waals surface area contributed by atoms with Gasteiger partial charge in [-0.1, -0.05) is 36.4 Å². The van der Waals surface area contributed by atoms with Gasteiger partial charge in [0.05, 0.1) is 9.85 Å². The van der Waals surface area contributed by atoms with Crippen molar-refractivity contribution in [3.8, 4) is 5.75 Å². The highest BCUT2D eigenvalue weighted by Gasteiger charge is 2.62. The zero-order chi connectivity index (χ0) is 19.8. The number of nitrogens with zero attached hydrogens (tertiary/aromatic N) is 2. The average molecular weight is 391 g/mol. The Morgan fingerprint density at radius 3 is 2.59 bits per heavy atom. The Bertz CT molecular complexity index is 934. The first kappa shape index (κ1) is 18.8. The molecule has 0 bridgehead atoms. The van der Waals surface area contributed by atoms with Gasteiger partial charge in [0.2, 0.25) is 6.10 Å². The number of para-hydroxylation sites is 1. The highest BCUT2D eigenvalue weighted by Crippen LogP contribution is 2.52. The number of hydrogen-bond acceptors (Lipinski definition) is 6. The number of hydrogen-bond donors (Lipinski definition) is 1. The topological polar surface area (TPSA) is 116 Å². The molecule has 140 valence electrons. The molecule has 9 heteroatoms. The lowest BCUT2D eigenvalue weighted by atomic mass is 9.88. The van der Waals surface area contributed by atoms with E-state index in [0.29, 0.717) is 12.0 Å². The quantitative estimate of drug-likeness (QED) is 0.273. The summed E-state index contributed by atoms with van der Waals surface area (Å²) in [7, 11) is 0. The molecule has 0 aromatic heterocycles. The Morgan fingerprint density at radius 1 is 1.26 bits per heavy atom. The number of non-ortho nitro benzene ring substituents is 1. The highest BCUT2D eigenvalue weighted by atomic mass is 35.5. The number of alkyl halides is 1. The van der Waals surface area contributed by atoms with Crippen LogP contribution in [0.4, 0.5) is 5.69 Å². The van der Waals surface area contributed by atoms with Gasteiger partial charge in [-0.25, -0.2) is 0 Å². The van der Waals surface area contributed by atoms with Gasteiger partial charge in [0.1, 0.15) is 5.75 Å². The maximum Gasteiger partial charge on any atom is 0.364 e. The number of nitro benzene ring substituents is 1. The van der Waals surface area contributed by atoms with Crippen LogP contribution in [0.2, 0.25) is 0 Å². The first-order chi connectivity index (χ1) is 12.8. The highest BCUT2D eigenvalue weighted by molar-refractivity contribution is 6.23. The predicted octanol–water partition coefficient (Wildman–Crippen LogP) is 3.70. The van der Waals surface area contributed by atoms with Crippen molar-refractivity contribution >= 4 is 17.3 Å². The second-order valence-electron chi connectivity index (χ2n) is 6.07. The van der Waals surface area contributed by atoms with Gasteiger partial charge in [0.15, 0.2) is 6.10 Å². The molecule has 0 spiro atoms. The fourth-order valence-electron chi connectivity index (χ4n) is 3.14. The van der Waals surface area contributed by atoms with Crippen LogP contribution in [-0.4, -0.2) is 20.0 Å². The number of aliphatic hydroxyl groups excluding tert-OH is 1. The van der Waals surface area contributed by atoms with Crippen molar-refractivity contribution < 1.29 is 19.7 Å². The summed E-state index contributed by atoms with van der Waals surface area (Å²) >= 11 is 6.29. The Balaban J connectivity index is 2.20. The van der Waals surface area contributed by atoms with E-state index in [1.54, 1.807) is 18.2 Å². The molecule has 1 aliphatic rings. The summed E-state index contributed by atoms with van der Waals surface area (Å²) in [5.41, 5.74) is 0.703. The monoisotopic (exact) mass is 390 g/mol. The molecule has 0 radical (unpaired) electrons. The van der Waals surface area contributed by atoms with Crippen molar-refractivity contribution in [3.63, 3.8) is 0 Å². The van der Waals surface area contributed by atoms with Gasteiger partial charge >= 0.3 is 5.00 Å². The summed E-state index contributed by atoms with van der Waals surface area (Å²) < 4.78 is 5.88. The van der Waals surface area contributed by atoms with Crippen LogP contribution in [0.15, 0.2) is 55.1 Å². The standard InChI is InChI=1S/C18H15ClN2O6/c1-2-5-11-6-4-9-14-15(11)27-17(18(19,16(14)22)21(25)26)12-7-3-8-13(10-12)20(23)24/h2-4,6-10,16-17,22H,1,5H2/t16-,17-,18+/m0/s1. The lowest BCUT2D eigenvalue weighted by Gasteiger charge is -2.38. The molecular weight excluding hydrogens is 376 g/mol. The number of rotatable bonds is 5. The second-order valence-corrected chi connectivity index (χ2v) is 6.67. The van der Waals surface area contributed by atoms with Crippen molar-refractivity contribution in [2.75, 3.05) is 0 Å². The van der Waals surface area contributed by atoms with Crippen LogP contribution in [0, 0.1) is 20.2 Å². The molecule has 3 rings (SSSR count). The second kappa shape index (κ2) is 6.98. The number of nitro groups is 2. The minimum Gasteiger partial charge on any atom is -0.476 e. The van der Waals surface area contributed by atoms with Crippen LogP contribution in [0.1, 0.15) is 28.9 Å². The summed E-state index contributed by atoms with van der Waals surface area (Å²) in [6.45, 7) is 3.66. The Hall–Kier alpha value is -2.97. The maximum atomic E-state index is 11.8. The predicted molar refractivity (Wildman–Crippen MR) is 97.3 cm³/mol. The SMILES string of the molecule is C=CCc1cccc2c1O[C@@H](c1cccc([N+](=O)[O-])c1)[C@](Cl)([N+](=O)[O-])[C@H]2O. The van der Waals surface area contributed by atoms with E-state index in [9.17, 15) is 25.3 Å².